The maximum atomic E-state index is 12.6. The molecule has 0 unspecified atom stereocenters. The van der Waals surface area contributed by atoms with Crippen LogP contribution in [0.15, 0.2) is 24.3 Å². The summed E-state index contributed by atoms with van der Waals surface area (Å²) in [5.74, 6) is -0.0697. The standard InChI is InChI=1S/C21H34N4O3S.CH3Cl/c1-21(2,3)29(27,28)24-18-6-4-15(5-7-18)20(26)23-17-8-10-19(11-9-17)25-13-12-16(22)14-25;1-2/h8-11,15-16,18,24H,4-7,12-14,22H2,1-3H3,(H,23,26);1H3/t15?,16-,18?;/m0./s1. The highest BCUT2D eigenvalue weighted by Gasteiger charge is 2.34. The van der Waals surface area contributed by atoms with E-state index in [4.69, 9.17) is 5.73 Å². The molecule has 3 rings (SSSR count). The summed E-state index contributed by atoms with van der Waals surface area (Å²) in [5, 5.41) is 3.00. The molecule has 1 aromatic rings. The molecule has 1 aliphatic heterocycles. The van der Waals surface area contributed by atoms with Crippen LogP contribution in [0.5, 0.6) is 0 Å². The Morgan fingerprint density at radius 1 is 1.06 bits per heavy atom. The molecule has 9 heteroatoms. The molecule has 2 fully saturated rings. The van der Waals surface area contributed by atoms with Crippen LogP contribution in [0.3, 0.4) is 0 Å². The summed E-state index contributed by atoms with van der Waals surface area (Å²) < 4.78 is 26.6. The van der Waals surface area contributed by atoms with Gasteiger partial charge in [0.25, 0.3) is 0 Å². The van der Waals surface area contributed by atoms with Gasteiger partial charge in [0, 0.05) is 48.8 Å². The van der Waals surface area contributed by atoms with Crippen molar-refractivity contribution in [2.75, 3.05) is 29.7 Å². The number of anilines is 2. The van der Waals surface area contributed by atoms with Crippen molar-refractivity contribution in [3.63, 3.8) is 0 Å². The average Bonchev–Trinajstić information content (AvgIpc) is 3.16. The smallest absolute Gasteiger partial charge is 0.227 e. The van der Waals surface area contributed by atoms with E-state index in [1.54, 1.807) is 20.8 Å². The number of hydrogen-bond donors (Lipinski definition) is 3. The zero-order valence-electron chi connectivity index (χ0n) is 19.0. The fraction of sp³-hybridized carbons (Fsp3) is 0.682. The van der Waals surface area contributed by atoms with Crippen LogP contribution in [0.1, 0.15) is 52.9 Å². The molecule has 1 aromatic carbocycles. The fourth-order valence-corrected chi connectivity index (χ4v) is 4.92. The van der Waals surface area contributed by atoms with Crippen LogP contribution in [0.2, 0.25) is 0 Å². The van der Waals surface area contributed by atoms with E-state index in [1.165, 1.54) is 6.38 Å². The molecule has 1 atom stereocenters. The van der Waals surface area contributed by atoms with Gasteiger partial charge in [-0.25, -0.2) is 13.1 Å². The van der Waals surface area contributed by atoms with Crippen LogP contribution in [0, 0.1) is 5.92 Å². The maximum absolute atomic E-state index is 12.6. The van der Waals surface area contributed by atoms with E-state index in [9.17, 15) is 13.2 Å². The molecule has 2 aliphatic rings. The molecular weight excluding hydrogens is 436 g/mol. The lowest BCUT2D eigenvalue weighted by atomic mass is 9.86. The summed E-state index contributed by atoms with van der Waals surface area (Å²) in [6.45, 7) is 6.91. The maximum Gasteiger partial charge on any atom is 0.227 e. The highest BCUT2D eigenvalue weighted by Crippen LogP contribution is 2.28. The van der Waals surface area contributed by atoms with E-state index in [-0.39, 0.29) is 23.9 Å². The number of rotatable bonds is 5. The van der Waals surface area contributed by atoms with Gasteiger partial charge >= 0.3 is 0 Å². The van der Waals surface area contributed by atoms with E-state index in [0.717, 1.165) is 30.9 Å². The number of alkyl halides is 1. The Bertz CT molecular complexity index is 816. The Hall–Kier alpha value is -1.35. The van der Waals surface area contributed by atoms with Gasteiger partial charge in [-0.3, -0.25) is 4.79 Å². The molecule has 1 saturated heterocycles. The number of benzene rings is 1. The van der Waals surface area contributed by atoms with Gasteiger partial charge < -0.3 is 16.0 Å². The number of amides is 1. The van der Waals surface area contributed by atoms with Crippen molar-refractivity contribution in [3.8, 4) is 0 Å². The van der Waals surface area contributed by atoms with Crippen molar-refractivity contribution in [1.82, 2.24) is 4.72 Å². The van der Waals surface area contributed by atoms with Crippen molar-refractivity contribution in [2.24, 2.45) is 11.7 Å². The van der Waals surface area contributed by atoms with Gasteiger partial charge in [0.15, 0.2) is 0 Å². The Morgan fingerprint density at radius 3 is 2.13 bits per heavy atom. The first-order valence-corrected chi connectivity index (χ1v) is 13.1. The van der Waals surface area contributed by atoms with Crippen LogP contribution < -0.4 is 20.7 Å². The Balaban J connectivity index is 0.00000166. The summed E-state index contributed by atoms with van der Waals surface area (Å²) in [6, 6.07) is 8.05. The van der Waals surface area contributed by atoms with E-state index >= 15 is 0 Å². The number of sulfonamides is 1. The van der Waals surface area contributed by atoms with Crippen molar-refractivity contribution in [3.05, 3.63) is 24.3 Å². The first kappa shape index (κ1) is 25.9. The lowest BCUT2D eigenvalue weighted by molar-refractivity contribution is -0.120. The Morgan fingerprint density at radius 2 is 1.65 bits per heavy atom. The molecule has 31 heavy (non-hydrogen) atoms. The normalized spacial score (nSPS) is 24.3. The predicted octanol–water partition coefficient (Wildman–Crippen LogP) is 3.29. The summed E-state index contributed by atoms with van der Waals surface area (Å²) in [4.78, 5) is 14.9. The van der Waals surface area contributed by atoms with E-state index in [2.05, 4.69) is 26.5 Å². The van der Waals surface area contributed by atoms with Gasteiger partial charge in [0.05, 0.1) is 4.75 Å². The summed E-state index contributed by atoms with van der Waals surface area (Å²) in [5.41, 5.74) is 7.89. The fourth-order valence-electron chi connectivity index (χ4n) is 3.89. The van der Waals surface area contributed by atoms with E-state index in [1.807, 2.05) is 24.3 Å². The minimum absolute atomic E-state index is 0.0121. The minimum atomic E-state index is -3.36. The van der Waals surface area contributed by atoms with Gasteiger partial charge in [0.1, 0.15) is 0 Å². The SMILES string of the molecule is CC(C)(C)S(=O)(=O)NC1CCC(C(=O)Nc2ccc(N3CC[C@H](N)C3)cc2)CC1.CCl. The highest BCUT2D eigenvalue weighted by atomic mass is 35.5. The third-order valence-corrected chi connectivity index (χ3v) is 8.21. The van der Waals surface area contributed by atoms with Crippen molar-refractivity contribution in [2.45, 2.75) is 69.7 Å². The number of carbonyl (C=O) groups is 1. The van der Waals surface area contributed by atoms with E-state index < -0.39 is 14.8 Å². The van der Waals surface area contributed by atoms with Crippen LogP contribution in [-0.2, 0) is 14.8 Å². The third-order valence-electron chi connectivity index (χ3n) is 5.95. The number of nitrogens with zero attached hydrogens (tertiary/aromatic N) is 1. The molecule has 7 nitrogen and oxygen atoms in total. The van der Waals surface area contributed by atoms with E-state index in [0.29, 0.717) is 25.7 Å². The quantitative estimate of drug-likeness (QED) is 0.570. The van der Waals surface area contributed by atoms with Crippen LogP contribution >= 0.6 is 11.6 Å². The zero-order valence-corrected chi connectivity index (χ0v) is 20.6. The molecule has 1 amide bonds. The monoisotopic (exact) mass is 472 g/mol. The summed E-state index contributed by atoms with van der Waals surface area (Å²) in [6.07, 6.45) is 5.22. The van der Waals surface area contributed by atoms with Crippen molar-refractivity contribution >= 4 is 38.9 Å². The summed E-state index contributed by atoms with van der Waals surface area (Å²) in [7, 11) is -3.36. The predicted molar refractivity (Wildman–Crippen MR) is 129 cm³/mol. The van der Waals surface area contributed by atoms with Gasteiger partial charge in [-0.1, -0.05) is 0 Å². The average molecular weight is 473 g/mol. The lowest BCUT2D eigenvalue weighted by Crippen LogP contribution is -2.46. The minimum Gasteiger partial charge on any atom is -0.370 e. The number of hydrogen-bond acceptors (Lipinski definition) is 5. The topological polar surface area (TPSA) is 105 Å². The number of nitrogens with two attached hydrogens (primary N) is 1. The molecule has 1 saturated carbocycles. The zero-order chi connectivity index (χ0) is 23.2. The van der Waals surface area contributed by atoms with Gasteiger partial charge in [0.2, 0.25) is 15.9 Å². The van der Waals surface area contributed by atoms with Crippen LogP contribution in [0.4, 0.5) is 11.4 Å². The molecular formula is C22H37ClN4O3S. The van der Waals surface area contributed by atoms with Gasteiger partial charge in [-0.15, -0.1) is 11.6 Å². The molecule has 1 aliphatic carbocycles. The molecule has 0 bridgehead atoms. The molecule has 0 spiro atoms. The number of nitrogens with one attached hydrogen (secondary N) is 2. The van der Waals surface area contributed by atoms with Crippen molar-refractivity contribution < 1.29 is 13.2 Å². The highest BCUT2D eigenvalue weighted by molar-refractivity contribution is 7.90. The molecule has 0 radical (unpaired) electrons. The second-order valence-corrected chi connectivity index (χ2v) is 11.8. The Labute approximate surface area is 192 Å². The van der Waals surface area contributed by atoms with Crippen LogP contribution in [0.25, 0.3) is 0 Å². The Kier molecular flexibility index (Phi) is 9.18. The second-order valence-electron chi connectivity index (χ2n) is 9.31. The molecule has 0 aromatic heterocycles. The van der Waals surface area contributed by atoms with Crippen molar-refractivity contribution in [1.29, 1.82) is 0 Å². The second kappa shape index (κ2) is 11.0. The van der Waals surface area contributed by atoms with Gasteiger partial charge in [-0.05, 0) is 77.1 Å². The molecule has 176 valence electrons. The lowest BCUT2D eigenvalue weighted by Gasteiger charge is -2.30. The molecule has 1 heterocycles. The van der Waals surface area contributed by atoms with Gasteiger partial charge in [-0.2, -0.15) is 0 Å². The summed E-state index contributed by atoms with van der Waals surface area (Å²) >= 11 is 4.64. The molecule has 4 N–H and O–H groups in total. The first-order valence-electron chi connectivity index (χ1n) is 10.9. The number of halogens is 1. The first-order chi connectivity index (χ1) is 14.5. The largest absolute Gasteiger partial charge is 0.370 e. The van der Waals surface area contributed by atoms with Crippen LogP contribution in [-0.4, -0.2) is 50.6 Å². The number of carbonyl (C=O) groups excluding carboxylic acids is 1. The third kappa shape index (κ3) is 7.07.